The average molecular weight is 440 g/mol. The minimum absolute atomic E-state index is 0.0156. The third kappa shape index (κ3) is 2.80. The van der Waals surface area contributed by atoms with Crippen LogP contribution in [0.25, 0.3) is 0 Å². The van der Waals surface area contributed by atoms with E-state index >= 15 is 0 Å². The van der Waals surface area contributed by atoms with Gasteiger partial charge in [-0.1, -0.05) is 13.0 Å². The molecular weight excluding hydrogens is 412 g/mol. The van der Waals surface area contributed by atoms with Gasteiger partial charge in [-0.3, -0.25) is 9.59 Å². The Balaban J connectivity index is 1.36. The lowest BCUT2D eigenvalue weighted by Crippen LogP contribution is -2.56. The first-order chi connectivity index (χ1) is 15.0. The van der Waals surface area contributed by atoms with E-state index in [0.717, 1.165) is 31.4 Å². The molecule has 5 aliphatic rings. The van der Waals surface area contributed by atoms with E-state index in [4.69, 9.17) is 4.74 Å². The largest absolute Gasteiger partial charge is 0.508 e. The van der Waals surface area contributed by atoms with Crippen LogP contribution in [-0.2, 0) is 20.7 Å². The van der Waals surface area contributed by atoms with Gasteiger partial charge in [0.1, 0.15) is 22.8 Å². The number of phenols is 2. The summed E-state index contributed by atoms with van der Waals surface area (Å²) in [5.74, 6) is -1.97. The summed E-state index contributed by atoms with van der Waals surface area (Å²) in [5.41, 5.74) is -1.36. The van der Waals surface area contributed by atoms with Gasteiger partial charge in [0.05, 0.1) is 11.7 Å². The second kappa shape index (κ2) is 6.67. The highest BCUT2D eigenvalue weighted by Gasteiger charge is 2.71. The number of benzene rings is 1. The Morgan fingerprint density at radius 2 is 1.97 bits per heavy atom. The maximum absolute atomic E-state index is 13.1. The van der Waals surface area contributed by atoms with Gasteiger partial charge in [-0.15, -0.1) is 0 Å². The molecule has 1 spiro atoms. The summed E-state index contributed by atoms with van der Waals surface area (Å²) in [5, 5.41) is 29.5. The van der Waals surface area contributed by atoms with Gasteiger partial charge in [0.25, 0.3) is 0 Å². The number of phenolic OH excluding ortho intramolecular Hbond substituents is 1. The highest BCUT2D eigenvalue weighted by Crippen LogP contribution is 2.71. The number of carbonyl (C=O) groups excluding carboxylic acids is 2. The Morgan fingerprint density at radius 1 is 1.22 bits per heavy atom. The van der Waals surface area contributed by atoms with Crippen molar-refractivity contribution in [3.8, 4) is 11.5 Å². The summed E-state index contributed by atoms with van der Waals surface area (Å²) in [6, 6.07) is 2.26. The minimum atomic E-state index is -1.34. The van der Waals surface area contributed by atoms with E-state index in [1.54, 1.807) is 6.08 Å². The van der Waals surface area contributed by atoms with Crippen LogP contribution in [-0.4, -0.2) is 44.6 Å². The Kier molecular flexibility index (Phi) is 4.42. The van der Waals surface area contributed by atoms with Crippen molar-refractivity contribution in [2.75, 3.05) is 0 Å². The predicted molar refractivity (Wildman–Crippen MR) is 113 cm³/mol. The van der Waals surface area contributed by atoms with Gasteiger partial charge in [-0.05, 0) is 62.1 Å². The van der Waals surface area contributed by atoms with E-state index in [2.05, 4.69) is 13.0 Å². The maximum Gasteiger partial charge on any atom is 0.339 e. The van der Waals surface area contributed by atoms with Crippen molar-refractivity contribution in [1.29, 1.82) is 0 Å². The zero-order valence-corrected chi connectivity index (χ0v) is 18.3. The fourth-order valence-electron chi connectivity index (χ4n) is 7.30. The normalized spacial score (nSPS) is 38.8. The van der Waals surface area contributed by atoms with E-state index in [-0.39, 0.29) is 64.3 Å². The number of carbonyl (C=O) groups is 3. The zero-order chi connectivity index (χ0) is 23.1. The van der Waals surface area contributed by atoms with Gasteiger partial charge in [0, 0.05) is 29.7 Å². The smallest absolute Gasteiger partial charge is 0.339 e. The molecule has 4 fully saturated rings. The van der Waals surface area contributed by atoms with Gasteiger partial charge >= 0.3 is 5.97 Å². The van der Waals surface area contributed by atoms with Crippen molar-refractivity contribution in [2.24, 2.45) is 22.7 Å². The van der Waals surface area contributed by atoms with E-state index in [1.165, 1.54) is 0 Å². The molecule has 1 aromatic carbocycles. The Bertz CT molecular complexity index is 1070. The Hall–Kier alpha value is -2.67. The molecule has 32 heavy (non-hydrogen) atoms. The fraction of sp³-hybridized carbons (Fsp3) is 0.560. The molecule has 0 radical (unpaired) electrons. The molecule has 1 aromatic rings. The molecule has 3 N–H and O–H groups in total. The third-order valence-electron chi connectivity index (χ3n) is 8.70. The molecule has 2 saturated heterocycles. The summed E-state index contributed by atoms with van der Waals surface area (Å²) in [6.07, 6.45) is 6.84. The first kappa shape index (κ1) is 21.2. The molecule has 170 valence electrons. The summed E-state index contributed by atoms with van der Waals surface area (Å²) in [7, 11) is 0. The molecule has 7 heteroatoms. The number of carboxylic acid groups (broad SMARTS) is 1. The van der Waals surface area contributed by atoms with Crippen molar-refractivity contribution >= 4 is 17.5 Å². The number of hydrogen-bond acceptors (Lipinski definition) is 6. The van der Waals surface area contributed by atoms with Crippen LogP contribution < -0.4 is 0 Å². The van der Waals surface area contributed by atoms with Gasteiger partial charge in [0.2, 0.25) is 0 Å². The number of allylic oxidation sites excluding steroid dienone is 2. The van der Waals surface area contributed by atoms with Crippen molar-refractivity contribution in [3.05, 3.63) is 35.4 Å². The van der Waals surface area contributed by atoms with Crippen LogP contribution in [0.5, 0.6) is 11.5 Å². The second-order valence-corrected chi connectivity index (χ2v) is 10.6. The quantitative estimate of drug-likeness (QED) is 0.620. The molecule has 3 aliphatic carbocycles. The minimum Gasteiger partial charge on any atom is -0.508 e. The molecule has 2 saturated carbocycles. The standard InChI is InChI=1S/C25H28O7/c1-23(7-5-14(26)10-16-17(27)4-3-15(20(16)29)22(30)31)19(28)6-8-25-11-13-9-18(21(23)25)32-24(13,2)12-25/h3-4,6,8,13,18,21,27,29H,5,7,9-12H2,1-2H3,(H,30,31). The van der Waals surface area contributed by atoms with Crippen molar-refractivity contribution in [2.45, 2.75) is 64.1 Å². The second-order valence-electron chi connectivity index (χ2n) is 10.6. The average Bonchev–Trinajstić information content (AvgIpc) is 3.08. The van der Waals surface area contributed by atoms with Crippen LogP contribution in [0.3, 0.4) is 0 Å². The first-order valence-corrected chi connectivity index (χ1v) is 11.2. The van der Waals surface area contributed by atoms with Crippen molar-refractivity contribution in [1.82, 2.24) is 0 Å². The number of aromatic hydroxyl groups is 2. The molecule has 6 unspecified atom stereocenters. The van der Waals surface area contributed by atoms with E-state index < -0.39 is 17.1 Å². The Morgan fingerprint density at radius 3 is 2.66 bits per heavy atom. The number of ketones is 2. The van der Waals surface area contributed by atoms with Crippen LogP contribution in [0, 0.1) is 22.7 Å². The SMILES string of the molecule is CC12CC34C=CC(=O)C(C)(CCC(=O)Cc5c(O)ccc(C(=O)O)c5O)C3C(CC1C4)O2. The number of carboxylic acids is 1. The van der Waals surface area contributed by atoms with Gasteiger partial charge in [-0.25, -0.2) is 4.79 Å². The molecular formula is C25H28O7. The van der Waals surface area contributed by atoms with E-state index in [0.29, 0.717) is 12.3 Å². The number of ether oxygens (including phenoxy) is 1. The molecule has 6 rings (SSSR count). The number of hydrogen-bond donors (Lipinski definition) is 3. The van der Waals surface area contributed by atoms with Crippen LogP contribution >= 0.6 is 0 Å². The maximum atomic E-state index is 13.1. The lowest BCUT2D eigenvalue weighted by Gasteiger charge is -2.55. The lowest BCUT2D eigenvalue weighted by molar-refractivity contribution is -0.169. The number of rotatable bonds is 6. The number of Topliss-reactive ketones (excluding diaryl/α,β-unsaturated/α-hetero) is 1. The molecule has 6 atom stereocenters. The highest BCUT2D eigenvalue weighted by molar-refractivity contribution is 5.97. The van der Waals surface area contributed by atoms with Gasteiger partial charge in [-0.2, -0.15) is 0 Å². The molecule has 0 aromatic heterocycles. The van der Waals surface area contributed by atoms with Crippen LogP contribution in [0.4, 0.5) is 0 Å². The van der Waals surface area contributed by atoms with Crippen molar-refractivity contribution < 1.29 is 34.4 Å². The third-order valence-corrected chi connectivity index (χ3v) is 8.70. The van der Waals surface area contributed by atoms with Crippen molar-refractivity contribution in [3.63, 3.8) is 0 Å². The predicted octanol–water partition coefficient (Wildman–Crippen LogP) is 3.41. The van der Waals surface area contributed by atoms with Crippen LogP contribution in [0.1, 0.15) is 61.9 Å². The number of aromatic carboxylic acids is 1. The Labute approximate surface area is 186 Å². The monoisotopic (exact) mass is 440 g/mol. The molecule has 4 bridgehead atoms. The molecule has 2 heterocycles. The summed E-state index contributed by atoms with van der Waals surface area (Å²) in [4.78, 5) is 37.2. The lowest BCUT2D eigenvalue weighted by atomic mass is 9.51. The zero-order valence-electron chi connectivity index (χ0n) is 18.3. The van der Waals surface area contributed by atoms with Crippen LogP contribution in [0.2, 0.25) is 0 Å². The first-order valence-electron chi connectivity index (χ1n) is 11.2. The summed E-state index contributed by atoms with van der Waals surface area (Å²) in [6.45, 7) is 4.12. The topological polar surface area (TPSA) is 121 Å². The van der Waals surface area contributed by atoms with Gasteiger partial charge in [0.15, 0.2) is 5.78 Å². The molecule has 0 amide bonds. The van der Waals surface area contributed by atoms with E-state index in [9.17, 15) is 29.7 Å². The summed E-state index contributed by atoms with van der Waals surface area (Å²) >= 11 is 0. The molecule has 7 nitrogen and oxygen atoms in total. The summed E-state index contributed by atoms with van der Waals surface area (Å²) < 4.78 is 6.42. The highest BCUT2D eigenvalue weighted by atomic mass is 16.5. The van der Waals surface area contributed by atoms with E-state index in [1.807, 2.05) is 6.92 Å². The molecule has 2 aliphatic heterocycles. The van der Waals surface area contributed by atoms with Gasteiger partial charge < -0.3 is 20.1 Å². The fourth-order valence-corrected chi connectivity index (χ4v) is 7.30. The van der Waals surface area contributed by atoms with Crippen LogP contribution in [0.15, 0.2) is 24.3 Å².